The van der Waals surface area contributed by atoms with Gasteiger partial charge in [0.2, 0.25) is 0 Å². The smallest absolute Gasteiger partial charge is 0.324 e. The Hall–Kier alpha value is -3.34. The average molecular weight is 427 g/mol. The number of nitrogens with zero attached hydrogens (tertiary/aromatic N) is 4. The van der Waals surface area contributed by atoms with Gasteiger partial charge < -0.3 is 4.74 Å². The number of hydrogen-bond donors (Lipinski definition) is 0. The van der Waals surface area contributed by atoms with Crippen LogP contribution in [-0.2, 0) is 22.4 Å². The topological polar surface area (TPSA) is 78.3 Å². The van der Waals surface area contributed by atoms with Gasteiger partial charge in [-0.25, -0.2) is 0 Å². The molecule has 1 saturated carbocycles. The van der Waals surface area contributed by atoms with Gasteiger partial charge in [-0.15, -0.1) is 0 Å². The molecule has 2 aromatic carbocycles. The fourth-order valence-corrected chi connectivity index (χ4v) is 4.60. The quantitative estimate of drug-likeness (QED) is 0.261. The van der Waals surface area contributed by atoms with E-state index in [-0.39, 0.29) is 24.2 Å². The molecule has 6 heteroatoms. The van der Waals surface area contributed by atoms with Gasteiger partial charge >= 0.3 is 5.97 Å². The fraction of sp³-hybridized carbons (Fsp3) is 0.346. The number of esters is 1. The summed E-state index contributed by atoms with van der Waals surface area (Å²) in [4.78, 5) is 18.2. The predicted octanol–water partition coefficient (Wildman–Crippen LogP) is 5.28. The SMILES string of the molecule is [N-]=[N+]=Nc1ccc(C[C@H]2C(=O)O[C@@H](Cc3ccccc3)[C@H]3C=C(/C=C/C4CC4)CN32)cc1. The Morgan fingerprint density at radius 1 is 1.06 bits per heavy atom. The Kier molecular flexibility index (Phi) is 5.80. The zero-order chi connectivity index (χ0) is 21.9. The van der Waals surface area contributed by atoms with Crippen molar-refractivity contribution in [3.05, 3.63) is 100.0 Å². The summed E-state index contributed by atoms with van der Waals surface area (Å²) >= 11 is 0. The van der Waals surface area contributed by atoms with Gasteiger partial charge in [-0.05, 0) is 47.4 Å². The van der Waals surface area contributed by atoms with Gasteiger partial charge in [0.1, 0.15) is 12.1 Å². The lowest BCUT2D eigenvalue weighted by Gasteiger charge is -2.41. The van der Waals surface area contributed by atoms with Crippen molar-refractivity contribution in [2.75, 3.05) is 6.54 Å². The first-order chi connectivity index (χ1) is 15.7. The number of rotatable bonds is 7. The lowest BCUT2D eigenvalue weighted by molar-refractivity contribution is -0.169. The van der Waals surface area contributed by atoms with Crippen molar-refractivity contribution in [1.29, 1.82) is 0 Å². The number of ether oxygens (including phenoxy) is 1. The Morgan fingerprint density at radius 2 is 1.81 bits per heavy atom. The molecule has 5 rings (SSSR count). The largest absolute Gasteiger partial charge is 0.459 e. The van der Waals surface area contributed by atoms with E-state index >= 15 is 0 Å². The number of carbonyl (C=O) groups is 1. The third-order valence-electron chi connectivity index (χ3n) is 6.46. The van der Waals surface area contributed by atoms with Gasteiger partial charge in [0.05, 0.1) is 6.04 Å². The summed E-state index contributed by atoms with van der Waals surface area (Å²) < 4.78 is 6.02. The average Bonchev–Trinajstić information content (AvgIpc) is 3.54. The van der Waals surface area contributed by atoms with E-state index < -0.39 is 0 Å². The summed E-state index contributed by atoms with van der Waals surface area (Å²) in [6.45, 7) is 0.760. The molecule has 162 valence electrons. The third kappa shape index (κ3) is 4.62. The van der Waals surface area contributed by atoms with Crippen molar-refractivity contribution in [2.24, 2.45) is 11.0 Å². The van der Waals surface area contributed by atoms with Gasteiger partial charge in [-0.1, -0.05) is 77.9 Å². The van der Waals surface area contributed by atoms with E-state index in [2.05, 4.69) is 45.3 Å². The molecule has 0 bridgehead atoms. The van der Waals surface area contributed by atoms with Crippen LogP contribution in [0.5, 0.6) is 0 Å². The minimum atomic E-state index is -0.333. The van der Waals surface area contributed by atoms with E-state index in [4.69, 9.17) is 10.3 Å². The zero-order valence-corrected chi connectivity index (χ0v) is 17.9. The molecule has 0 aromatic heterocycles. The molecule has 2 aliphatic heterocycles. The number of benzene rings is 2. The second-order valence-electron chi connectivity index (χ2n) is 8.84. The first kappa shape index (κ1) is 20.6. The maximum absolute atomic E-state index is 13.1. The first-order valence-electron chi connectivity index (χ1n) is 11.2. The van der Waals surface area contributed by atoms with E-state index in [1.165, 1.54) is 24.0 Å². The zero-order valence-electron chi connectivity index (χ0n) is 17.9. The summed E-state index contributed by atoms with van der Waals surface area (Å²) in [6, 6.07) is 17.4. The fourth-order valence-electron chi connectivity index (χ4n) is 4.60. The highest BCUT2D eigenvalue weighted by Crippen LogP contribution is 2.34. The number of hydrogen-bond acceptors (Lipinski definition) is 4. The maximum atomic E-state index is 13.1. The van der Waals surface area contributed by atoms with E-state index in [0.29, 0.717) is 18.5 Å². The summed E-state index contributed by atoms with van der Waals surface area (Å²) in [5.41, 5.74) is 12.6. The highest BCUT2D eigenvalue weighted by atomic mass is 16.5. The van der Waals surface area contributed by atoms with Crippen LogP contribution in [0.25, 0.3) is 10.4 Å². The summed E-state index contributed by atoms with van der Waals surface area (Å²) in [5.74, 6) is 0.555. The number of cyclic esters (lactones) is 1. The molecule has 0 spiro atoms. The Bertz CT molecular complexity index is 1080. The second kappa shape index (κ2) is 9.03. The number of azide groups is 1. The van der Waals surface area contributed by atoms with E-state index in [1.54, 1.807) is 12.1 Å². The summed E-state index contributed by atoms with van der Waals surface area (Å²) in [6.07, 6.45) is 10.5. The number of morpholine rings is 1. The molecular formula is C26H26N4O2. The van der Waals surface area contributed by atoms with Gasteiger partial charge in [0.25, 0.3) is 0 Å². The molecule has 0 amide bonds. The normalized spacial score (nSPS) is 25.2. The van der Waals surface area contributed by atoms with Crippen molar-refractivity contribution in [2.45, 2.75) is 43.9 Å². The Labute approximate surface area is 187 Å². The van der Waals surface area contributed by atoms with Crippen LogP contribution in [0, 0.1) is 5.92 Å². The molecular weight excluding hydrogens is 400 g/mol. The molecule has 6 nitrogen and oxygen atoms in total. The molecule has 3 atom stereocenters. The van der Waals surface area contributed by atoms with Crippen LogP contribution in [0.3, 0.4) is 0 Å². The molecule has 0 radical (unpaired) electrons. The van der Waals surface area contributed by atoms with Crippen molar-refractivity contribution < 1.29 is 9.53 Å². The first-order valence-corrected chi connectivity index (χ1v) is 11.2. The lowest BCUT2D eigenvalue weighted by atomic mass is 9.96. The Morgan fingerprint density at radius 3 is 2.53 bits per heavy atom. The standard InChI is InChI=1S/C26H26N4O2/c27-29-28-22-12-10-20(11-13-22)14-24-26(31)32-25(16-19-4-2-1-3-5-19)23-15-21(17-30(23)24)9-8-18-6-7-18/h1-5,8-13,15,18,23-25H,6-7,14,16-17H2/b9-8+/t23-,24+,25+/m1/s1. The van der Waals surface area contributed by atoms with Crippen LogP contribution in [0.2, 0.25) is 0 Å². The van der Waals surface area contributed by atoms with Gasteiger partial charge in [0.15, 0.2) is 0 Å². The molecule has 1 saturated heterocycles. The van der Waals surface area contributed by atoms with Crippen molar-refractivity contribution in [1.82, 2.24) is 4.90 Å². The van der Waals surface area contributed by atoms with Crippen LogP contribution < -0.4 is 0 Å². The lowest BCUT2D eigenvalue weighted by Crippen LogP contribution is -2.57. The van der Waals surface area contributed by atoms with E-state index in [1.807, 2.05) is 30.3 Å². The monoisotopic (exact) mass is 426 g/mol. The number of carbonyl (C=O) groups excluding carboxylic acids is 1. The molecule has 3 aliphatic rings. The molecule has 2 fully saturated rings. The molecule has 0 N–H and O–H groups in total. The number of allylic oxidation sites excluding steroid dienone is 1. The van der Waals surface area contributed by atoms with Crippen LogP contribution in [0.1, 0.15) is 24.0 Å². The molecule has 2 heterocycles. The van der Waals surface area contributed by atoms with Gasteiger partial charge in [0, 0.05) is 23.6 Å². The van der Waals surface area contributed by atoms with Gasteiger partial charge in [-0.3, -0.25) is 9.69 Å². The van der Waals surface area contributed by atoms with Crippen LogP contribution >= 0.6 is 0 Å². The Balaban J connectivity index is 1.37. The highest BCUT2D eigenvalue weighted by molar-refractivity contribution is 5.78. The third-order valence-corrected chi connectivity index (χ3v) is 6.46. The van der Waals surface area contributed by atoms with E-state index in [0.717, 1.165) is 18.0 Å². The molecule has 0 unspecified atom stereocenters. The van der Waals surface area contributed by atoms with Crippen molar-refractivity contribution in [3.8, 4) is 0 Å². The summed E-state index contributed by atoms with van der Waals surface area (Å²) in [5, 5.41) is 3.62. The van der Waals surface area contributed by atoms with Gasteiger partial charge in [-0.2, -0.15) is 0 Å². The van der Waals surface area contributed by atoms with Crippen LogP contribution in [-0.4, -0.2) is 35.6 Å². The maximum Gasteiger partial charge on any atom is 0.324 e. The van der Waals surface area contributed by atoms with Crippen molar-refractivity contribution >= 4 is 11.7 Å². The second-order valence-corrected chi connectivity index (χ2v) is 8.84. The predicted molar refractivity (Wildman–Crippen MR) is 123 cm³/mol. The van der Waals surface area contributed by atoms with E-state index in [9.17, 15) is 4.79 Å². The summed E-state index contributed by atoms with van der Waals surface area (Å²) in [7, 11) is 0. The molecule has 2 aromatic rings. The molecule has 1 aliphatic carbocycles. The molecule has 32 heavy (non-hydrogen) atoms. The minimum Gasteiger partial charge on any atom is -0.459 e. The highest BCUT2D eigenvalue weighted by Gasteiger charge is 2.45. The van der Waals surface area contributed by atoms with Crippen LogP contribution in [0.15, 0.2) is 83.5 Å². The van der Waals surface area contributed by atoms with Crippen molar-refractivity contribution in [3.63, 3.8) is 0 Å². The number of fused-ring (bicyclic) bond motifs is 1. The minimum absolute atomic E-state index is 0.0687. The van der Waals surface area contributed by atoms with Crippen LogP contribution in [0.4, 0.5) is 5.69 Å².